The maximum absolute atomic E-state index is 5.95. The van der Waals surface area contributed by atoms with Gasteiger partial charge in [-0.3, -0.25) is 9.67 Å². The highest BCUT2D eigenvalue weighted by molar-refractivity contribution is 7.71. The van der Waals surface area contributed by atoms with Crippen LogP contribution in [-0.2, 0) is 6.61 Å². The number of nitrogens with one attached hydrogen (secondary N) is 1. The van der Waals surface area contributed by atoms with Crippen molar-refractivity contribution in [3.63, 3.8) is 0 Å². The molecule has 0 aliphatic heterocycles. The molecule has 3 aromatic rings. The highest BCUT2D eigenvalue weighted by Gasteiger charge is 2.11. The molecule has 0 aliphatic rings. The second kappa shape index (κ2) is 8.48. The molecule has 0 fully saturated rings. The molecule has 1 aromatic heterocycles. The molecule has 0 amide bonds. The van der Waals surface area contributed by atoms with Gasteiger partial charge in [-0.2, -0.15) is 5.10 Å². The van der Waals surface area contributed by atoms with Crippen LogP contribution < -0.4 is 9.47 Å². The molecule has 0 spiro atoms. The maximum atomic E-state index is 5.95. The number of aromatic nitrogens is 3. The van der Waals surface area contributed by atoms with Crippen LogP contribution in [0.15, 0.2) is 54.6 Å². The predicted molar refractivity (Wildman–Crippen MR) is 99.9 cm³/mol. The zero-order valence-corrected chi connectivity index (χ0v) is 15.0. The van der Waals surface area contributed by atoms with Crippen LogP contribution in [0.2, 0.25) is 0 Å². The first-order valence-electron chi connectivity index (χ1n) is 8.36. The Morgan fingerprint density at radius 1 is 1.00 bits per heavy atom. The third-order valence-corrected chi connectivity index (χ3v) is 3.99. The lowest BCUT2D eigenvalue weighted by Gasteiger charge is -2.13. The summed E-state index contributed by atoms with van der Waals surface area (Å²) in [6, 6.07) is 17.5. The van der Waals surface area contributed by atoms with Crippen molar-refractivity contribution in [2.45, 2.75) is 26.4 Å². The van der Waals surface area contributed by atoms with Crippen molar-refractivity contribution in [1.82, 2.24) is 14.8 Å². The van der Waals surface area contributed by atoms with E-state index in [1.165, 1.54) is 0 Å². The number of benzene rings is 2. The fraction of sp³-hybridized carbons (Fsp3) is 0.263. The topological polar surface area (TPSA) is 52.1 Å². The van der Waals surface area contributed by atoms with E-state index in [-0.39, 0.29) is 6.61 Å². The summed E-state index contributed by atoms with van der Waals surface area (Å²) in [7, 11) is 0. The zero-order chi connectivity index (χ0) is 17.5. The van der Waals surface area contributed by atoms with E-state index in [2.05, 4.69) is 17.1 Å². The van der Waals surface area contributed by atoms with Gasteiger partial charge in [-0.25, -0.2) is 0 Å². The van der Waals surface area contributed by atoms with Gasteiger partial charge < -0.3 is 9.47 Å². The average Bonchev–Trinajstić information content (AvgIpc) is 3.02. The summed E-state index contributed by atoms with van der Waals surface area (Å²) in [4.78, 5) is 0. The number of unbranched alkanes of at least 4 members (excludes halogenated alkanes) is 1. The summed E-state index contributed by atoms with van der Waals surface area (Å²) >= 11 is 5.35. The van der Waals surface area contributed by atoms with Gasteiger partial charge in [0.1, 0.15) is 6.61 Å². The van der Waals surface area contributed by atoms with Crippen LogP contribution in [0.25, 0.3) is 5.69 Å². The number of hydrogen-bond donors (Lipinski definition) is 1. The molecular formula is C19H21N3O2S. The molecule has 0 unspecified atom stereocenters. The smallest absolute Gasteiger partial charge is 0.199 e. The summed E-state index contributed by atoms with van der Waals surface area (Å²) in [5, 5.41) is 7.13. The lowest BCUT2D eigenvalue weighted by atomic mass is 10.3. The van der Waals surface area contributed by atoms with Crippen molar-refractivity contribution in [2.24, 2.45) is 0 Å². The van der Waals surface area contributed by atoms with Crippen molar-refractivity contribution in [2.75, 3.05) is 6.61 Å². The molecule has 3 rings (SSSR count). The van der Waals surface area contributed by atoms with Crippen LogP contribution in [0.1, 0.15) is 25.6 Å². The van der Waals surface area contributed by atoms with Gasteiger partial charge in [-0.15, -0.1) is 0 Å². The Kier molecular flexibility index (Phi) is 5.85. The Bertz CT molecular complexity index is 858. The molecule has 0 saturated carbocycles. The first-order valence-corrected chi connectivity index (χ1v) is 8.76. The molecule has 25 heavy (non-hydrogen) atoms. The van der Waals surface area contributed by atoms with Crippen molar-refractivity contribution < 1.29 is 9.47 Å². The SMILES string of the molecule is CCCCOc1ccccc1OCc1n[nH]c(=S)n1-c1ccccc1. The third-order valence-electron chi connectivity index (χ3n) is 3.72. The van der Waals surface area contributed by atoms with Crippen LogP contribution in [-0.4, -0.2) is 21.4 Å². The Morgan fingerprint density at radius 3 is 2.40 bits per heavy atom. The van der Waals surface area contributed by atoms with Gasteiger partial charge in [-0.1, -0.05) is 43.7 Å². The highest BCUT2D eigenvalue weighted by Crippen LogP contribution is 2.27. The monoisotopic (exact) mass is 355 g/mol. The zero-order valence-electron chi connectivity index (χ0n) is 14.1. The Hall–Kier alpha value is -2.60. The minimum Gasteiger partial charge on any atom is -0.490 e. The van der Waals surface area contributed by atoms with Crippen molar-refractivity contribution in [3.05, 3.63) is 65.2 Å². The van der Waals surface area contributed by atoms with Gasteiger partial charge >= 0.3 is 0 Å². The van der Waals surface area contributed by atoms with Crippen LogP contribution in [0, 0.1) is 4.77 Å². The normalized spacial score (nSPS) is 10.6. The van der Waals surface area contributed by atoms with E-state index in [1.54, 1.807) is 0 Å². The average molecular weight is 355 g/mol. The van der Waals surface area contributed by atoms with E-state index in [0.717, 1.165) is 24.3 Å². The number of rotatable bonds is 8. The minimum absolute atomic E-state index is 0.288. The summed E-state index contributed by atoms with van der Waals surface area (Å²) < 4.78 is 14.2. The van der Waals surface area contributed by atoms with E-state index >= 15 is 0 Å². The summed E-state index contributed by atoms with van der Waals surface area (Å²) in [5.74, 6) is 2.16. The maximum Gasteiger partial charge on any atom is 0.199 e. The standard InChI is InChI=1S/C19H21N3O2S/c1-2-3-13-23-16-11-7-8-12-17(16)24-14-18-20-21-19(25)22(18)15-9-5-4-6-10-15/h4-12H,2-3,13-14H2,1H3,(H,21,25). The largest absolute Gasteiger partial charge is 0.490 e. The van der Waals surface area contributed by atoms with E-state index in [0.29, 0.717) is 23.0 Å². The molecule has 0 radical (unpaired) electrons. The number of H-pyrrole nitrogens is 1. The van der Waals surface area contributed by atoms with Crippen LogP contribution in [0.4, 0.5) is 0 Å². The predicted octanol–water partition coefficient (Wildman–Crippen LogP) is 4.69. The molecule has 0 atom stereocenters. The Labute approximate surface area is 152 Å². The Morgan fingerprint density at radius 2 is 1.68 bits per heavy atom. The summed E-state index contributed by atoms with van der Waals surface area (Å²) in [5.41, 5.74) is 0.951. The van der Waals surface area contributed by atoms with E-state index in [4.69, 9.17) is 21.7 Å². The van der Waals surface area contributed by atoms with E-state index in [9.17, 15) is 0 Å². The fourth-order valence-corrected chi connectivity index (χ4v) is 2.68. The van der Waals surface area contributed by atoms with E-state index in [1.807, 2.05) is 59.2 Å². The van der Waals surface area contributed by atoms with Crippen molar-refractivity contribution >= 4 is 12.2 Å². The molecule has 0 aliphatic carbocycles. The number of hydrogen-bond acceptors (Lipinski definition) is 4. The highest BCUT2D eigenvalue weighted by atomic mass is 32.1. The second-order valence-electron chi connectivity index (χ2n) is 5.55. The first-order chi connectivity index (χ1) is 12.3. The Balaban J connectivity index is 1.76. The molecule has 5 nitrogen and oxygen atoms in total. The van der Waals surface area contributed by atoms with Crippen LogP contribution in [0.5, 0.6) is 11.5 Å². The molecular weight excluding hydrogens is 334 g/mol. The summed E-state index contributed by atoms with van der Waals surface area (Å²) in [6.45, 7) is 3.11. The second-order valence-corrected chi connectivity index (χ2v) is 5.94. The minimum atomic E-state index is 0.288. The molecule has 2 aromatic carbocycles. The number of para-hydroxylation sites is 3. The van der Waals surface area contributed by atoms with Gasteiger partial charge in [0.2, 0.25) is 0 Å². The molecule has 0 bridgehead atoms. The van der Waals surface area contributed by atoms with Gasteiger partial charge in [0.15, 0.2) is 22.1 Å². The van der Waals surface area contributed by atoms with Gasteiger partial charge in [0.25, 0.3) is 0 Å². The molecule has 1 heterocycles. The van der Waals surface area contributed by atoms with Gasteiger partial charge in [0, 0.05) is 5.69 Å². The van der Waals surface area contributed by atoms with Gasteiger partial charge in [0.05, 0.1) is 6.61 Å². The number of ether oxygens (including phenoxy) is 2. The quantitative estimate of drug-likeness (QED) is 0.470. The van der Waals surface area contributed by atoms with Crippen LogP contribution in [0.3, 0.4) is 0 Å². The van der Waals surface area contributed by atoms with Crippen molar-refractivity contribution in [3.8, 4) is 17.2 Å². The molecule has 0 saturated heterocycles. The lowest BCUT2D eigenvalue weighted by Crippen LogP contribution is -2.07. The van der Waals surface area contributed by atoms with E-state index < -0.39 is 0 Å². The number of nitrogens with zero attached hydrogens (tertiary/aromatic N) is 2. The summed E-state index contributed by atoms with van der Waals surface area (Å²) in [6.07, 6.45) is 2.11. The van der Waals surface area contributed by atoms with Crippen LogP contribution >= 0.6 is 12.2 Å². The number of aromatic amines is 1. The molecule has 130 valence electrons. The van der Waals surface area contributed by atoms with Crippen molar-refractivity contribution in [1.29, 1.82) is 0 Å². The third kappa shape index (κ3) is 4.28. The lowest BCUT2D eigenvalue weighted by molar-refractivity contribution is 0.253. The first kappa shape index (κ1) is 17.2. The van der Waals surface area contributed by atoms with Gasteiger partial charge in [-0.05, 0) is 42.9 Å². The molecule has 1 N–H and O–H groups in total. The molecule has 6 heteroatoms. The fourth-order valence-electron chi connectivity index (χ4n) is 2.43.